The first kappa shape index (κ1) is 61.9. The van der Waals surface area contributed by atoms with E-state index in [1.807, 2.05) is 13.8 Å². The molecule has 0 saturated heterocycles. The molecule has 0 aromatic carbocycles. The monoisotopic (exact) mass is 930 g/mol. The van der Waals surface area contributed by atoms with E-state index in [0.717, 1.165) is 44.9 Å². The van der Waals surface area contributed by atoms with Crippen LogP contribution in [0.5, 0.6) is 0 Å². The van der Waals surface area contributed by atoms with E-state index >= 15 is 0 Å². The summed E-state index contributed by atoms with van der Waals surface area (Å²) in [7, 11) is 0. The number of hydrogen-bond donors (Lipinski definition) is 3. The highest BCUT2D eigenvalue weighted by molar-refractivity contribution is 5.85. The second kappa shape index (κ2) is 46.0. The number of aliphatic carboxylic acids is 2. The van der Waals surface area contributed by atoms with Crippen molar-refractivity contribution in [1.82, 2.24) is 5.32 Å². The Morgan fingerprint density at radius 2 is 0.831 bits per heavy atom. The molecule has 0 aromatic rings. The molecule has 16 nitrogen and oxygen atoms in total. The highest BCUT2D eigenvalue weighted by atomic mass is 16.5. The van der Waals surface area contributed by atoms with E-state index in [-0.39, 0.29) is 107 Å². The molecule has 16 heteroatoms. The quantitative estimate of drug-likeness (QED) is 0.0497. The van der Waals surface area contributed by atoms with Crippen LogP contribution in [0.15, 0.2) is 0 Å². The summed E-state index contributed by atoms with van der Waals surface area (Å²) in [6, 6.07) is 0. The fourth-order valence-corrected chi connectivity index (χ4v) is 6.70. The van der Waals surface area contributed by atoms with E-state index < -0.39 is 17.9 Å². The number of carboxylic acids is 2. The van der Waals surface area contributed by atoms with Crippen molar-refractivity contribution in [2.75, 3.05) is 85.8 Å². The molecule has 0 saturated carbocycles. The van der Waals surface area contributed by atoms with Gasteiger partial charge in [-0.2, -0.15) is 0 Å². The number of ketones is 4. The fraction of sp³-hybridized carbons (Fsp3) is 0.857. The number of ether oxygens (including phenoxy) is 6. The third-order valence-electron chi connectivity index (χ3n) is 10.7. The lowest BCUT2D eigenvalue weighted by Gasteiger charge is -2.11. The first-order valence-electron chi connectivity index (χ1n) is 24.7. The topological polar surface area (TPSA) is 227 Å². The van der Waals surface area contributed by atoms with Crippen LogP contribution in [0.1, 0.15) is 174 Å². The minimum absolute atomic E-state index is 0.0312. The van der Waals surface area contributed by atoms with Crippen LogP contribution in [-0.2, 0) is 62.0 Å². The van der Waals surface area contributed by atoms with E-state index in [1.54, 1.807) is 0 Å². The van der Waals surface area contributed by atoms with Crippen LogP contribution in [0.25, 0.3) is 0 Å². The first-order chi connectivity index (χ1) is 31.4. The van der Waals surface area contributed by atoms with Crippen molar-refractivity contribution in [2.45, 2.75) is 174 Å². The van der Waals surface area contributed by atoms with E-state index in [0.29, 0.717) is 71.9 Å². The number of amides is 1. The normalized spacial score (nSPS) is 11.8. The van der Waals surface area contributed by atoms with E-state index in [2.05, 4.69) is 5.32 Å². The van der Waals surface area contributed by atoms with Gasteiger partial charge in [0.1, 0.15) is 31.4 Å². The Bertz CT molecular complexity index is 1240. The maximum absolute atomic E-state index is 12.5. The zero-order chi connectivity index (χ0) is 48.0. The van der Waals surface area contributed by atoms with Crippen LogP contribution >= 0.6 is 0 Å². The molecule has 0 radical (unpaired) electrons. The van der Waals surface area contributed by atoms with Gasteiger partial charge < -0.3 is 44.0 Å². The van der Waals surface area contributed by atoms with E-state index in [4.69, 9.17) is 33.5 Å². The van der Waals surface area contributed by atoms with Crippen molar-refractivity contribution in [1.29, 1.82) is 0 Å². The molecular formula is C49H87NO15. The lowest BCUT2D eigenvalue weighted by molar-refractivity contribution is -0.144. The Hall–Kier alpha value is -3.15. The average Bonchev–Trinajstić information content (AvgIpc) is 3.26. The highest BCUT2D eigenvalue weighted by Gasteiger charge is 2.22. The Labute approximate surface area is 389 Å². The first-order valence-corrected chi connectivity index (χ1v) is 24.7. The molecule has 1 amide bonds. The van der Waals surface area contributed by atoms with Gasteiger partial charge in [0.05, 0.1) is 52.2 Å². The number of carbonyl (C=O) groups is 7. The molecule has 0 fully saturated rings. The molecule has 378 valence electrons. The van der Waals surface area contributed by atoms with Gasteiger partial charge in [0.25, 0.3) is 0 Å². The van der Waals surface area contributed by atoms with E-state index in [9.17, 15) is 38.7 Å². The summed E-state index contributed by atoms with van der Waals surface area (Å²) >= 11 is 0. The number of carbonyl (C=O) groups excluding carboxylic acids is 5. The van der Waals surface area contributed by atoms with Crippen LogP contribution in [-0.4, -0.2) is 137 Å². The van der Waals surface area contributed by atoms with Crippen LogP contribution in [0.3, 0.4) is 0 Å². The van der Waals surface area contributed by atoms with Crippen molar-refractivity contribution in [3.8, 4) is 0 Å². The molecule has 1 atom stereocenters. The summed E-state index contributed by atoms with van der Waals surface area (Å²) in [5.74, 6) is -3.03. The molecule has 0 rings (SSSR count). The maximum Gasteiger partial charge on any atom is 0.306 e. The van der Waals surface area contributed by atoms with Gasteiger partial charge in [-0.25, -0.2) is 0 Å². The Balaban J connectivity index is 3.61. The molecule has 0 heterocycles. The van der Waals surface area contributed by atoms with Gasteiger partial charge in [-0.3, -0.25) is 33.6 Å². The standard InChI is InChI=1S/C49H87NO15/c1-41(2)46(54)39-64-35-33-62-30-27-50-47(55)40-65-36-32-61-29-20-23-45(53)38-63-34-31-60-28-19-22-43(51)26-25-42(49(58)59)37-44(52)21-17-15-13-11-9-7-5-3-4-6-8-10-12-14-16-18-24-48(56)57/h41-42H,3-40H2,1-2H3,(H,50,55)(H,56,57)(H,58,59)/t42-/m1/s1. The van der Waals surface area contributed by atoms with Gasteiger partial charge in [-0.05, 0) is 32.1 Å². The summed E-state index contributed by atoms with van der Waals surface area (Å²) in [5.41, 5.74) is 0. The lowest BCUT2D eigenvalue weighted by atomic mass is 9.93. The minimum atomic E-state index is -1.04. The van der Waals surface area contributed by atoms with Crippen molar-refractivity contribution in [3.63, 3.8) is 0 Å². The highest BCUT2D eigenvalue weighted by Crippen LogP contribution is 2.18. The van der Waals surface area contributed by atoms with Gasteiger partial charge in [0.2, 0.25) is 5.91 Å². The molecule has 0 bridgehead atoms. The third kappa shape index (κ3) is 45.8. The molecule has 0 aliphatic rings. The average molecular weight is 930 g/mol. The Morgan fingerprint density at radius 1 is 0.415 bits per heavy atom. The molecule has 0 unspecified atom stereocenters. The molecular weight excluding hydrogens is 843 g/mol. The molecule has 3 N–H and O–H groups in total. The zero-order valence-electron chi connectivity index (χ0n) is 40.2. The number of rotatable bonds is 52. The van der Waals surface area contributed by atoms with Gasteiger partial charge in [-0.15, -0.1) is 0 Å². The van der Waals surface area contributed by atoms with Gasteiger partial charge in [0, 0.05) is 64.2 Å². The summed E-state index contributed by atoms with van der Waals surface area (Å²) in [6.07, 6.45) is 20.7. The zero-order valence-corrected chi connectivity index (χ0v) is 40.2. The number of Topliss-reactive ketones (excluding diaryl/α,β-unsaturated/α-hetero) is 4. The second-order valence-electron chi connectivity index (χ2n) is 17.1. The van der Waals surface area contributed by atoms with Crippen LogP contribution in [0.2, 0.25) is 0 Å². The Morgan fingerprint density at radius 3 is 1.32 bits per heavy atom. The number of unbranched alkanes of at least 4 members (excludes halogenated alkanes) is 15. The summed E-state index contributed by atoms with van der Waals surface area (Å²) in [6.45, 7) is 6.63. The second-order valence-corrected chi connectivity index (χ2v) is 17.1. The smallest absolute Gasteiger partial charge is 0.306 e. The van der Waals surface area contributed by atoms with Gasteiger partial charge in [-0.1, -0.05) is 104 Å². The molecule has 0 aromatic heterocycles. The van der Waals surface area contributed by atoms with Crippen molar-refractivity contribution in [3.05, 3.63) is 0 Å². The number of nitrogens with one attached hydrogen (secondary N) is 1. The van der Waals surface area contributed by atoms with Crippen LogP contribution < -0.4 is 5.32 Å². The third-order valence-corrected chi connectivity index (χ3v) is 10.7. The lowest BCUT2D eigenvalue weighted by Crippen LogP contribution is -2.31. The summed E-state index contributed by atoms with van der Waals surface area (Å²) in [5, 5.41) is 21.0. The number of carboxylic acid groups (broad SMARTS) is 2. The minimum Gasteiger partial charge on any atom is -0.481 e. The largest absolute Gasteiger partial charge is 0.481 e. The predicted octanol–water partition coefficient (Wildman–Crippen LogP) is 7.67. The van der Waals surface area contributed by atoms with Crippen molar-refractivity contribution < 1.29 is 72.2 Å². The van der Waals surface area contributed by atoms with Gasteiger partial charge >= 0.3 is 11.9 Å². The summed E-state index contributed by atoms with van der Waals surface area (Å²) < 4.78 is 32.2. The predicted molar refractivity (Wildman–Crippen MR) is 247 cm³/mol. The van der Waals surface area contributed by atoms with E-state index in [1.165, 1.54) is 57.8 Å². The molecule has 65 heavy (non-hydrogen) atoms. The number of hydrogen-bond acceptors (Lipinski definition) is 13. The Kier molecular flexibility index (Phi) is 43.8. The van der Waals surface area contributed by atoms with Crippen LogP contribution in [0.4, 0.5) is 0 Å². The molecule has 0 aliphatic carbocycles. The maximum atomic E-state index is 12.5. The van der Waals surface area contributed by atoms with Crippen molar-refractivity contribution >= 4 is 41.0 Å². The molecule has 0 aliphatic heterocycles. The summed E-state index contributed by atoms with van der Waals surface area (Å²) in [4.78, 5) is 82.4. The van der Waals surface area contributed by atoms with Crippen molar-refractivity contribution in [2.24, 2.45) is 11.8 Å². The van der Waals surface area contributed by atoms with Crippen LogP contribution in [0, 0.1) is 11.8 Å². The molecule has 0 spiro atoms. The fourth-order valence-electron chi connectivity index (χ4n) is 6.70. The van der Waals surface area contributed by atoms with Gasteiger partial charge in [0.15, 0.2) is 11.6 Å². The SMILES string of the molecule is CC(C)C(=O)COCCOCCNC(=O)COCCOCCCC(=O)COCCOCCCC(=O)CC[C@H](CC(=O)CCCCCCCCCCCCCCCCCCC(=O)O)C(=O)O.